The van der Waals surface area contributed by atoms with Crippen LogP contribution in [0, 0.1) is 12.7 Å². The molecule has 196 valence electrons. The lowest BCUT2D eigenvalue weighted by Crippen LogP contribution is -2.21. The number of aromatic nitrogens is 5. The Morgan fingerprint density at radius 3 is 2.65 bits per heavy atom. The molecule has 37 heavy (non-hydrogen) atoms. The molecule has 0 unspecified atom stereocenters. The van der Waals surface area contributed by atoms with E-state index in [9.17, 15) is 8.42 Å². The van der Waals surface area contributed by atoms with Gasteiger partial charge in [0.15, 0.2) is 16.5 Å². The highest BCUT2D eigenvalue weighted by molar-refractivity contribution is 7.92. The fourth-order valence-electron chi connectivity index (χ4n) is 3.55. The van der Waals surface area contributed by atoms with E-state index in [-0.39, 0.29) is 22.6 Å². The zero-order valence-corrected chi connectivity index (χ0v) is 22.0. The number of halogens is 1. The first-order valence-electron chi connectivity index (χ1n) is 11.6. The van der Waals surface area contributed by atoms with E-state index in [1.165, 1.54) is 24.4 Å². The molecule has 4 rings (SSSR count). The third kappa shape index (κ3) is 6.12. The van der Waals surface area contributed by atoms with Crippen LogP contribution >= 0.6 is 0 Å². The second kappa shape index (κ2) is 10.6. The SMILES string of the molecule is Cc1n[nH]c2nc(-c3ccc(NS(=O)(=O)c4cc(OC(C)C)ccn4)c(F)c3)nc(NCCN(C)C)c12. The molecule has 0 fully saturated rings. The summed E-state index contributed by atoms with van der Waals surface area (Å²) >= 11 is 0. The molecule has 13 heteroatoms. The van der Waals surface area contributed by atoms with Crippen molar-refractivity contribution in [2.24, 2.45) is 0 Å². The van der Waals surface area contributed by atoms with Crippen molar-refractivity contribution < 1.29 is 17.5 Å². The fourth-order valence-corrected chi connectivity index (χ4v) is 4.58. The summed E-state index contributed by atoms with van der Waals surface area (Å²) in [5.41, 5.74) is 1.38. The van der Waals surface area contributed by atoms with Gasteiger partial charge in [-0.15, -0.1) is 0 Å². The number of hydrogen-bond acceptors (Lipinski definition) is 9. The van der Waals surface area contributed by atoms with E-state index in [1.54, 1.807) is 12.1 Å². The normalized spacial score (nSPS) is 11.9. The van der Waals surface area contributed by atoms with Gasteiger partial charge in [0, 0.05) is 30.9 Å². The molecule has 0 aliphatic carbocycles. The van der Waals surface area contributed by atoms with Crippen molar-refractivity contribution >= 4 is 32.6 Å². The number of pyridine rings is 1. The molecule has 0 atom stereocenters. The van der Waals surface area contributed by atoms with Crippen LogP contribution in [0.25, 0.3) is 22.4 Å². The molecule has 3 N–H and O–H groups in total. The van der Waals surface area contributed by atoms with Gasteiger partial charge in [-0.2, -0.15) is 13.5 Å². The molecule has 0 aliphatic rings. The molecular formula is C24H29FN8O3S. The molecule has 3 heterocycles. The van der Waals surface area contributed by atoms with Crippen LogP contribution in [0.4, 0.5) is 15.9 Å². The minimum absolute atomic E-state index is 0.147. The van der Waals surface area contributed by atoms with Crippen LogP contribution in [0.3, 0.4) is 0 Å². The monoisotopic (exact) mass is 528 g/mol. The zero-order valence-electron chi connectivity index (χ0n) is 21.2. The van der Waals surface area contributed by atoms with E-state index in [0.717, 1.165) is 17.6 Å². The number of nitrogens with one attached hydrogen (secondary N) is 3. The number of aryl methyl sites for hydroxylation is 1. The van der Waals surface area contributed by atoms with Crippen molar-refractivity contribution in [3.8, 4) is 17.1 Å². The Morgan fingerprint density at radius 1 is 1.16 bits per heavy atom. The zero-order chi connectivity index (χ0) is 26.7. The van der Waals surface area contributed by atoms with E-state index in [2.05, 4.69) is 35.2 Å². The Bertz CT molecular complexity index is 1520. The highest BCUT2D eigenvalue weighted by Gasteiger charge is 2.20. The molecule has 1 aromatic carbocycles. The molecule has 0 bridgehead atoms. The van der Waals surface area contributed by atoms with Gasteiger partial charge in [-0.3, -0.25) is 9.82 Å². The molecule has 0 radical (unpaired) electrons. The number of aromatic amines is 1. The number of ether oxygens (including phenoxy) is 1. The Hall–Kier alpha value is -3.84. The maximum absolute atomic E-state index is 15.1. The van der Waals surface area contributed by atoms with Crippen molar-refractivity contribution in [3.63, 3.8) is 0 Å². The van der Waals surface area contributed by atoms with Gasteiger partial charge in [0.1, 0.15) is 17.4 Å². The summed E-state index contributed by atoms with van der Waals surface area (Å²) in [5.74, 6) is 0.393. The number of nitrogens with zero attached hydrogens (tertiary/aromatic N) is 5. The van der Waals surface area contributed by atoms with E-state index in [1.807, 2.05) is 39.8 Å². The fraction of sp³-hybridized carbons (Fsp3) is 0.333. The molecule has 0 spiro atoms. The van der Waals surface area contributed by atoms with Crippen molar-refractivity contribution in [2.75, 3.05) is 37.2 Å². The smallest absolute Gasteiger partial charge is 0.279 e. The van der Waals surface area contributed by atoms with Gasteiger partial charge in [0.25, 0.3) is 10.0 Å². The minimum atomic E-state index is -4.16. The van der Waals surface area contributed by atoms with Crippen LogP contribution in [-0.4, -0.2) is 71.8 Å². The minimum Gasteiger partial charge on any atom is -0.491 e. The van der Waals surface area contributed by atoms with Crippen LogP contribution in [0.5, 0.6) is 5.75 Å². The lowest BCUT2D eigenvalue weighted by atomic mass is 10.2. The third-order valence-electron chi connectivity index (χ3n) is 5.28. The third-order valence-corrected chi connectivity index (χ3v) is 6.54. The maximum Gasteiger partial charge on any atom is 0.279 e. The second-order valence-electron chi connectivity index (χ2n) is 8.96. The summed E-state index contributed by atoms with van der Waals surface area (Å²) in [5, 5.41) is 10.8. The Balaban J connectivity index is 1.61. The summed E-state index contributed by atoms with van der Waals surface area (Å²) in [6.07, 6.45) is 1.17. The lowest BCUT2D eigenvalue weighted by molar-refractivity contribution is 0.241. The summed E-state index contributed by atoms with van der Waals surface area (Å²) < 4.78 is 48.5. The highest BCUT2D eigenvalue weighted by atomic mass is 32.2. The van der Waals surface area contributed by atoms with Crippen LogP contribution in [0.2, 0.25) is 0 Å². The summed E-state index contributed by atoms with van der Waals surface area (Å²) in [4.78, 5) is 15.0. The molecule has 0 aliphatic heterocycles. The van der Waals surface area contributed by atoms with Crippen molar-refractivity contribution in [2.45, 2.75) is 31.9 Å². The van der Waals surface area contributed by atoms with Crippen molar-refractivity contribution in [3.05, 3.63) is 48.0 Å². The topological polar surface area (TPSA) is 138 Å². The molecule has 0 saturated carbocycles. The van der Waals surface area contributed by atoms with Gasteiger partial charge < -0.3 is 15.0 Å². The van der Waals surface area contributed by atoms with E-state index >= 15 is 4.39 Å². The van der Waals surface area contributed by atoms with E-state index in [0.29, 0.717) is 29.3 Å². The number of rotatable bonds is 10. The van der Waals surface area contributed by atoms with Gasteiger partial charge in [-0.1, -0.05) is 0 Å². The Morgan fingerprint density at radius 2 is 1.95 bits per heavy atom. The number of sulfonamides is 1. The van der Waals surface area contributed by atoms with Gasteiger partial charge in [0.2, 0.25) is 0 Å². The quantitative estimate of drug-likeness (QED) is 0.283. The largest absolute Gasteiger partial charge is 0.491 e. The molecule has 0 saturated heterocycles. The predicted octanol–water partition coefficient (Wildman–Crippen LogP) is 3.42. The van der Waals surface area contributed by atoms with Gasteiger partial charge in [-0.05, 0) is 59.1 Å². The maximum atomic E-state index is 15.1. The van der Waals surface area contributed by atoms with E-state index in [4.69, 9.17) is 4.74 Å². The second-order valence-corrected chi connectivity index (χ2v) is 10.6. The first-order valence-corrected chi connectivity index (χ1v) is 13.1. The molecule has 11 nitrogen and oxygen atoms in total. The molecule has 0 amide bonds. The molecular weight excluding hydrogens is 499 g/mol. The Kier molecular flexibility index (Phi) is 7.55. The van der Waals surface area contributed by atoms with Crippen LogP contribution < -0.4 is 14.8 Å². The number of benzene rings is 1. The van der Waals surface area contributed by atoms with Crippen molar-refractivity contribution in [1.82, 2.24) is 30.0 Å². The van der Waals surface area contributed by atoms with Crippen LogP contribution in [0.1, 0.15) is 19.5 Å². The van der Waals surface area contributed by atoms with Gasteiger partial charge >= 0.3 is 0 Å². The molecule has 4 aromatic rings. The average Bonchev–Trinajstić information content (AvgIpc) is 3.20. The summed E-state index contributed by atoms with van der Waals surface area (Å²) in [7, 11) is -0.224. The van der Waals surface area contributed by atoms with Crippen LogP contribution in [0.15, 0.2) is 41.6 Å². The van der Waals surface area contributed by atoms with E-state index < -0.39 is 15.8 Å². The predicted molar refractivity (Wildman–Crippen MR) is 140 cm³/mol. The number of H-pyrrole nitrogens is 1. The number of anilines is 2. The first kappa shape index (κ1) is 26.2. The van der Waals surface area contributed by atoms with Gasteiger partial charge in [-0.25, -0.2) is 19.3 Å². The number of hydrogen-bond donors (Lipinski definition) is 3. The van der Waals surface area contributed by atoms with Crippen molar-refractivity contribution in [1.29, 1.82) is 0 Å². The standard InChI is InChI=1S/C24H29FN8O3S/c1-14(2)36-17-8-9-26-20(13-17)37(34,35)32-19-7-6-16(12-18(19)25)22-28-23(27-10-11-33(4)5)21-15(3)30-31-24(21)29-22/h6-9,12-14,32H,10-11H2,1-5H3,(H2,27,28,29,30,31). The summed E-state index contributed by atoms with van der Waals surface area (Å²) in [6.45, 7) is 6.90. The first-order chi connectivity index (χ1) is 17.5. The average molecular weight is 529 g/mol. The highest BCUT2D eigenvalue weighted by Crippen LogP contribution is 2.29. The van der Waals surface area contributed by atoms with Crippen LogP contribution in [-0.2, 0) is 10.0 Å². The summed E-state index contributed by atoms with van der Waals surface area (Å²) in [6, 6.07) is 6.88. The van der Waals surface area contributed by atoms with Gasteiger partial charge in [0.05, 0.1) is 22.9 Å². The molecule has 3 aromatic heterocycles. The lowest BCUT2D eigenvalue weighted by Gasteiger charge is -2.13. The Labute approximate surface area is 214 Å². The number of fused-ring (bicyclic) bond motifs is 1. The number of likely N-dealkylation sites (N-methyl/N-ethyl adjacent to an activating group) is 1.